The highest BCUT2D eigenvalue weighted by molar-refractivity contribution is 8.41. The Balaban J connectivity index is 1.93. The third-order valence-corrected chi connectivity index (χ3v) is 12.6. The lowest BCUT2D eigenvalue weighted by molar-refractivity contribution is 1.75. The lowest BCUT2D eigenvalue weighted by Crippen LogP contribution is -2.19. The van der Waals surface area contributed by atoms with Crippen LogP contribution in [0.4, 0.5) is 0 Å². The molecule has 4 aromatic rings. The number of benzene rings is 4. The summed E-state index contributed by atoms with van der Waals surface area (Å²) in [6.45, 7) is 0. The molecular weight excluding hydrogens is 350 g/mol. The van der Waals surface area contributed by atoms with Gasteiger partial charge in [0.25, 0.3) is 0 Å². The van der Waals surface area contributed by atoms with Crippen molar-refractivity contribution in [3.8, 4) is 0 Å². The molecule has 0 saturated carbocycles. The van der Waals surface area contributed by atoms with Gasteiger partial charge in [0.15, 0.2) is 0 Å². The van der Waals surface area contributed by atoms with Gasteiger partial charge in [-0.15, -0.1) is 0 Å². The highest BCUT2D eigenvalue weighted by Gasteiger charge is 2.35. The Hall–Kier alpha value is -2.26. The fraction of sp³-hybridized carbons (Fsp3) is 0. The summed E-state index contributed by atoms with van der Waals surface area (Å²) in [6, 6.07) is 44.3. The van der Waals surface area contributed by atoms with Crippen molar-refractivity contribution in [2.24, 2.45) is 0 Å². The molecule has 0 bridgehead atoms. The Morgan fingerprint density at radius 2 is 0.692 bits per heavy atom. The van der Waals surface area contributed by atoms with Crippen molar-refractivity contribution < 1.29 is 0 Å². The molecule has 0 aliphatic heterocycles. The van der Waals surface area contributed by atoms with Crippen LogP contribution in [0.3, 0.4) is 0 Å². The molecule has 0 fully saturated rings. The number of hydrogen-bond donors (Lipinski definition) is 0. The summed E-state index contributed by atoms with van der Waals surface area (Å²) in [6.07, 6.45) is 0. The second kappa shape index (κ2) is 8.41. The Morgan fingerprint density at radius 3 is 1.04 bits per heavy atom. The molecule has 0 amide bonds. The van der Waals surface area contributed by atoms with Gasteiger partial charge in [-0.25, -0.2) is 0 Å². The van der Waals surface area contributed by atoms with E-state index in [2.05, 4.69) is 121 Å². The van der Waals surface area contributed by atoms with Crippen molar-refractivity contribution in [1.29, 1.82) is 0 Å². The van der Waals surface area contributed by atoms with Crippen molar-refractivity contribution in [2.45, 2.75) is 0 Å². The largest absolute Gasteiger partial charge is 0.126 e. The predicted molar refractivity (Wildman–Crippen MR) is 120 cm³/mol. The standard InChI is InChI=1S/C24H20P2/c1-5-13-21(14-6-1)25(22-15-7-2-8-16-22)26(23-17-9-3-10-18-23)24-19-11-4-12-20-24/h1-20H/p+1. The molecular formula is C24H21P2+. The van der Waals surface area contributed by atoms with Crippen molar-refractivity contribution in [1.82, 2.24) is 0 Å². The van der Waals surface area contributed by atoms with E-state index in [-0.39, 0.29) is 0 Å². The Labute approximate surface area is 157 Å². The van der Waals surface area contributed by atoms with Gasteiger partial charge in [-0.1, -0.05) is 97.1 Å². The van der Waals surface area contributed by atoms with Crippen molar-refractivity contribution in [3.63, 3.8) is 0 Å². The van der Waals surface area contributed by atoms with Crippen LogP contribution in [0.5, 0.6) is 0 Å². The molecule has 0 aliphatic rings. The molecule has 0 atom stereocenters. The second-order valence-corrected chi connectivity index (χ2v) is 12.3. The minimum atomic E-state index is -0.978. The van der Waals surface area contributed by atoms with E-state index in [4.69, 9.17) is 0 Å². The van der Waals surface area contributed by atoms with Crippen LogP contribution in [0.25, 0.3) is 0 Å². The van der Waals surface area contributed by atoms with Gasteiger partial charge in [0.2, 0.25) is 0 Å². The zero-order chi connectivity index (χ0) is 17.6. The summed E-state index contributed by atoms with van der Waals surface area (Å²) in [5.74, 6) is 0. The molecule has 0 aromatic heterocycles. The Bertz CT molecular complexity index is 763. The van der Waals surface area contributed by atoms with Gasteiger partial charge < -0.3 is 0 Å². The molecule has 0 saturated heterocycles. The first-order chi connectivity index (χ1) is 12.9. The summed E-state index contributed by atoms with van der Waals surface area (Å²) < 4.78 is 0. The van der Waals surface area contributed by atoms with Gasteiger partial charge in [0.1, 0.15) is 7.61 Å². The van der Waals surface area contributed by atoms with E-state index in [1.54, 1.807) is 0 Å². The van der Waals surface area contributed by atoms with Crippen molar-refractivity contribution in [3.05, 3.63) is 121 Å². The topological polar surface area (TPSA) is 0 Å². The molecule has 4 rings (SSSR count). The summed E-state index contributed by atoms with van der Waals surface area (Å²) in [5, 5.41) is 5.86. The quantitative estimate of drug-likeness (QED) is 0.438. The third kappa shape index (κ3) is 3.78. The summed E-state index contributed by atoms with van der Waals surface area (Å²) in [4.78, 5) is 0. The van der Waals surface area contributed by atoms with Crippen LogP contribution in [0, 0.1) is 0 Å². The molecule has 0 spiro atoms. The minimum Gasteiger partial charge on any atom is -0.0622 e. The van der Waals surface area contributed by atoms with E-state index in [1.165, 1.54) is 21.2 Å². The molecule has 26 heavy (non-hydrogen) atoms. The SMILES string of the molecule is c1ccc(P(c2ccccc2)[PH+](c2ccccc2)c2ccccc2)cc1. The van der Waals surface area contributed by atoms with E-state index in [0.29, 0.717) is 0 Å². The highest BCUT2D eigenvalue weighted by atomic mass is 32.1. The fourth-order valence-corrected chi connectivity index (χ4v) is 11.7. The monoisotopic (exact) mass is 371 g/mol. The second-order valence-electron chi connectivity index (χ2n) is 6.09. The van der Waals surface area contributed by atoms with Gasteiger partial charge in [-0.3, -0.25) is 0 Å². The summed E-state index contributed by atoms with van der Waals surface area (Å²) in [7, 11) is -1.44. The van der Waals surface area contributed by atoms with E-state index >= 15 is 0 Å². The number of hydrogen-bond acceptors (Lipinski definition) is 0. The van der Waals surface area contributed by atoms with Gasteiger partial charge >= 0.3 is 0 Å². The van der Waals surface area contributed by atoms with E-state index in [1.807, 2.05) is 0 Å². The first-order valence-electron chi connectivity index (χ1n) is 8.81. The molecule has 4 aromatic carbocycles. The smallest absolute Gasteiger partial charge is 0.0622 e. The van der Waals surface area contributed by atoms with Crippen molar-refractivity contribution in [2.75, 3.05) is 0 Å². The average molecular weight is 371 g/mol. The maximum atomic E-state index is 2.31. The molecule has 0 heterocycles. The van der Waals surface area contributed by atoms with Crippen LogP contribution < -0.4 is 21.2 Å². The fourth-order valence-electron chi connectivity index (χ4n) is 3.18. The third-order valence-electron chi connectivity index (χ3n) is 4.35. The van der Waals surface area contributed by atoms with Crippen LogP contribution >= 0.6 is 15.2 Å². The average Bonchev–Trinajstić information content (AvgIpc) is 2.74. The predicted octanol–water partition coefficient (Wildman–Crippen LogP) is 4.90. The summed E-state index contributed by atoms with van der Waals surface area (Å²) >= 11 is 0. The maximum absolute atomic E-state index is 2.31. The lowest BCUT2D eigenvalue weighted by atomic mass is 10.4. The van der Waals surface area contributed by atoms with E-state index in [0.717, 1.165) is 0 Å². The Morgan fingerprint density at radius 1 is 0.385 bits per heavy atom. The van der Waals surface area contributed by atoms with Crippen LogP contribution in [0.15, 0.2) is 121 Å². The summed E-state index contributed by atoms with van der Waals surface area (Å²) in [5.41, 5.74) is 0. The van der Waals surface area contributed by atoms with Gasteiger partial charge in [-0.05, 0) is 24.3 Å². The lowest BCUT2D eigenvalue weighted by Gasteiger charge is -2.21. The van der Waals surface area contributed by atoms with Gasteiger partial charge in [0, 0.05) is 10.6 Å². The first-order valence-corrected chi connectivity index (χ1v) is 12.5. The minimum absolute atomic E-state index is 0.465. The maximum Gasteiger partial charge on any atom is 0.126 e. The molecule has 2 heteroatoms. The number of rotatable bonds is 5. The highest BCUT2D eigenvalue weighted by Crippen LogP contribution is 2.65. The van der Waals surface area contributed by atoms with E-state index in [9.17, 15) is 0 Å². The van der Waals surface area contributed by atoms with Crippen LogP contribution in [-0.2, 0) is 0 Å². The van der Waals surface area contributed by atoms with Crippen molar-refractivity contribution >= 4 is 36.4 Å². The molecule has 0 radical (unpaired) electrons. The Kier molecular flexibility index (Phi) is 5.56. The zero-order valence-corrected chi connectivity index (χ0v) is 16.4. The van der Waals surface area contributed by atoms with Crippen LogP contribution in [-0.4, -0.2) is 0 Å². The normalized spacial score (nSPS) is 11.0. The molecule has 0 N–H and O–H groups in total. The first kappa shape index (κ1) is 17.2. The molecule has 0 unspecified atom stereocenters. The van der Waals surface area contributed by atoms with Crippen LogP contribution in [0.1, 0.15) is 0 Å². The molecule has 0 nitrogen and oxygen atoms in total. The van der Waals surface area contributed by atoms with Crippen LogP contribution in [0.2, 0.25) is 0 Å². The van der Waals surface area contributed by atoms with Gasteiger partial charge in [0.05, 0.1) is 18.2 Å². The molecule has 126 valence electrons. The zero-order valence-electron chi connectivity index (χ0n) is 14.5. The molecule has 0 aliphatic carbocycles. The van der Waals surface area contributed by atoms with Gasteiger partial charge in [-0.2, -0.15) is 0 Å². The van der Waals surface area contributed by atoms with E-state index < -0.39 is 15.2 Å².